The van der Waals surface area contributed by atoms with Gasteiger partial charge in [0.15, 0.2) is 11.5 Å². The van der Waals surface area contributed by atoms with Gasteiger partial charge in [-0.15, -0.1) is 0 Å². The molecule has 0 amide bonds. The van der Waals surface area contributed by atoms with E-state index in [4.69, 9.17) is 29.4 Å². The molecule has 1 atom stereocenters. The summed E-state index contributed by atoms with van der Waals surface area (Å²) in [5, 5.41) is 10.0. The van der Waals surface area contributed by atoms with Crippen LogP contribution < -0.4 is 29.4 Å². The lowest BCUT2D eigenvalue weighted by Gasteiger charge is -2.27. The molecule has 2 N–H and O–H groups in total. The minimum absolute atomic E-state index is 0.00833. The van der Waals surface area contributed by atoms with E-state index in [1.807, 2.05) is 31.2 Å². The fourth-order valence-electron chi connectivity index (χ4n) is 4.72. The molecule has 3 aromatic carbocycles. The van der Waals surface area contributed by atoms with Crippen LogP contribution in [0, 0.1) is 11.3 Å². The second kappa shape index (κ2) is 14.8. The Morgan fingerprint density at radius 2 is 1.64 bits per heavy atom. The van der Waals surface area contributed by atoms with Crippen molar-refractivity contribution in [1.82, 2.24) is 0 Å². The van der Waals surface area contributed by atoms with Gasteiger partial charge >= 0.3 is 5.97 Å². The van der Waals surface area contributed by atoms with E-state index in [0.29, 0.717) is 53.9 Å². The van der Waals surface area contributed by atoms with E-state index in [1.165, 1.54) is 0 Å². The molecule has 0 fully saturated rings. The molecule has 0 spiro atoms. The van der Waals surface area contributed by atoms with Crippen molar-refractivity contribution >= 4 is 5.97 Å². The molecule has 1 unspecified atom stereocenters. The van der Waals surface area contributed by atoms with Gasteiger partial charge in [0.1, 0.15) is 34.5 Å². The molecule has 0 saturated heterocycles. The number of fused-ring (bicyclic) bond motifs is 1. The summed E-state index contributed by atoms with van der Waals surface area (Å²) in [6.07, 6.45) is 5.02. The second-order valence-electron chi connectivity index (χ2n) is 9.91. The maximum Gasteiger partial charge on any atom is 0.347 e. The molecule has 1 heterocycles. The van der Waals surface area contributed by atoms with Crippen molar-refractivity contribution in [2.24, 2.45) is 5.73 Å². The first-order chi connectivity index (χ1) is 20.5. The zero-order chi connectivity index (χ0) is 29.9. The Morgan fingerprint density at radius 1 is 0.881 bits per heavy atom. The van der Waals surface area contributed by atoms with Crippen LogP contribution in [0.5, 0.6) is 28.7 Å². The van der Waals surface area contributed by atoms with Crippen molar-refractivity contribution < 1.29 is 28.5 Å². The first kappa shape index (κ1) is 30.3. The molecule has 0 aromatic heterocycles. The van der Waals surface area contributed by atoms with Crippen LogP contribution in [0.3, 0.4) is 0 Å². The van der Waals surface area contributed by atoms with Gasteiger partial charge in [-0.1, -0.05) is 57.4 Å². The van der Waals surface area contributed by atoms with Crippen LogP contribution in [0.25, 0.3) is 0 Å². The van der Waals surface area contributed by atoms with Crippen LogP contribution in [0.1, 0.15) is 80.3 Å². The third kappa shape index (κ3) is 7.16. The van der Waals surface area contributed by atoms with Gasteiger partial charge < -0.3 is 29.4 Å². The van der Waals surface area contributed by atoms with Gasteiger partial charge in [0.2, 0.25) is 5.88 Å². The van der Waals surface area contributed by atoms with Gasteiger partial charge in [-0.2, -0.15) is 5.26 Å². The molecule has 8 nitrogen and oxygen atoms in total. The second-order valence-corrected chi connectivity index (χ2v) is 9.91. The van der Waals surface area contributed by atoms with Crippen LogP contribution >= 0.6 is 0 Å². The lowest BCUT2D eigenvalue weighted by Crippen LogP contribution is -2.21. The standard InChI is InChI=1S/C34H38N2O6/c1-4-7-11-19-40-29-17-14-23(20-31(29)38-6-3)32-25-16-15-24(21-30(25)42-33(36)27(32)22-35)41-34(37)26-12-9-10-13-28(26)39-18-8-5-2/h9-10,12-17,20-21,32H,4-8,11,18-19,36H2,1-3H3. The summed E-state index contributed by atoms with van der Waals surface area (Å²) in [6, 6.07) is 19.9. The molecule has 3 aromatic rings. The fraction of sp³-hybridized carbons (Fsp3) is 0.353. The number of carbonyl (C=O) groups is 1. The number of carbonyl (C=O) groups excluding carboxylic acids is 1. The summed E-state index contributed by atoms with van der Waals surface area (Å²) in [5.41, 5.74) is 8.35. The molecule has 4 rings (SSSR count). The third-order valence-electron chi connectivity index (χ3n) is 6.87. The SMILES string of the molecule is CCCCCOc1ccc(C2C(C#N)=C(N)Oc3cc(OC(=O)c4ccccc4OCCCC)ccc32)cc1OCC. The number of rotatable bonds is 14. The van der Waals surface area contributed by atoms with E-state index in [-0.39, 0.29) is 17.2 Å². The maximum absolute atomic E-state index is 13.1. The number of para-hydroxylation sites is 1. The molecule has 0 aliphatic carbocycles. The summed E-state index contributed by atoms with van der Waals surface area (Å²) in [7, 11) is 0. The van der Waals surface area contributed by atoms with Crippen LogP contribution in [0.2, 0.25) is 0 Å². The highest BCUT2D eigenvalue weighted by Gasteiger charge is 2.32. The first-order valence-corrected chi connectivity index (χ1v) is 14.6. The van der Waals surface area contributed by atoms with Gasteiger partial charge in [0.25, 0.3) is 0 Å². The number of nitrogens with zero attached hydrogens (tertiary/aromatic N) is 1. The van der Waals surface area contributed by atoms with Crippen molar-refractivity contribution in [2.45, 2.75) is 58.8 Å². The molecule has 0 saturated carbocycles. The summed E-state index contributed by atoms with van der Waals surface area (Å²) in [5.74, 6) is 1.33. The Hall–Kier alpha value is -4.64. The molecule has 0 radical (unpaired) electrons. The molecule has 1 aliphatic rings. The number of benzene rings is 3. The fourth-order valence-corrected chi connectivity index (χ4v) is 4.72. The predicted molar refractivity (Wildman–Crippen MR) is 160 cm³/mol. The Kier molecular flexibility index (Phi) is 10.7. The zero-order valence-corrected chi connectivity index (χ0v) is 24.5. The number of nitriles is 1. The highest BCUT2D eigenvalue weighted by Crippen LogP contribution is 2.45. The van der Waals surface area contributed by atoms with Crippen molar-refractivity contribution in [2.75, 3.05) is 19.8 Å². The quantitative estimate of drug-likeness (QED) is 0.122. The molecule has 42 heavy (non-hydrogen) atoms. The van der Waals surface area contributed by atoms with Gasteiger partial charge in [-0.05, 0) is 55.7 Å². The van der Waals surface area contributed by atoms with Crippen molar-refractivity contribution in [3.63, 3.8) is 0 Å². The Labute approximate surface area is 247 Å². The average molecular weight is 571 g/mol. The highest BCUT2D eigenvalue weighted by atomic mass is 16.5. The number of nitrogens with two attached hydrogens (primary N) is 1. The van der Waals surface area contributed by atoms with Crippen LogP contribution in [0.4, 0.5) is 0 Å². The number of unbranched alkanes of at least 4 members (excludes halogenated alkanes) is 3. The smallest absolute Gasteiger partial charge is 0.347 e. The zero-order valence-electron chi connectivity index (χ0n) is 24.5. The number of hydrogen-bond acceptors (Lipinski definition) is 8. The van der Waals surface area contributed by atoms with Crippen molar-refractivity contribution in [3.05, 3.63) is 88.8 Å². The van der Waals surface area contributed by atoms with Crippen LogP contribution in [0.15, 0.2) is 72.1 Å². The van der Waals surface area contributed by atoms with Crippen molar-refractivity contribution in [3.8, 4) is 34.8 Å². The Morgan fingerprint density at radius 3 is 2.40 bits per heavy atom. The third-order valence-corrected chi connectivity index (χ3v) is 6.87. The summed E-state index contributed by atoms with van der Waals surface area (Å²) >= 11 is 0. The van der Waals surface area contributed by atoms with Gasteiger partial charge in [-0.25, -0.2) is 4.79 Å². The summed E-state index contributed by atoms with van der Waals surface area (Å²) in [4.78, 5) is 13.1. The normalized spacial score (nSPS) is 13.9. The van der Waals surface area contributed by atoms with Gasteiger partial charge in [0.05, 0.1) is 25.7 Å². The Bertz CT molecular complexity index is 1460. The number of ether oxygens (including phenoxy) is 5. The van der Waals surface area contributed by atoms with E-state index >= 15 is 0 Å². The first-order valence-electron chi connectivity index (χ1n) is 14.6. The summed E-state index contributed by atoms with van der Waals surface area (Å²) in [6.45, 7) is 7.71. The number of esters is 1. The largest absolute Gasteiger partial charge is 0.493 e. The topological polar surface area (TPSA) is 113 Å². The molecule has 0 bridgehead atoms. The Balaban J connectivity index is 1.61. The van der Waals surface area contributed by atoms with E-state index in [1.54, 1.807) is 36.4 Å². The van der Waals surface area contributed by atoms with E-state index in [9.17, 15) is 10.1 Å². The van der Waals surface area contributed by atoms with Crippen LogP contribution in [-0.2, 0) is 0 Å². The van der Waals surface area contributed by atoms with Crippen LogP contribution in [-0.4, -0.2) is 25.8 Å². The van der Waals surface area contributed by atoms with Crippen molar-refractivity contribution in [1.29, 1.82) is 5.26 Å². The lowest BCUT2D eigenvalue weighted by molar-refractivity contribution is 0.0730. The van der Waals surface area contributed by atoms with E-state index < -0.39 is 11.9 Å². The van der Waals surface area contributed by atoms with E-state index in [0.717, 1.165) is 37.7 Å². The monoisotopic (exact) mass is 570 g/mol. The predicted octanol–water partition coefficient (Wildman–Crippen LogP) is 7.27. The highest BCUT2D eigenvalue weighted by molar-refractivity contribution is 5.94. The van der Waals surface area contributed by atoms with Gasteiger partial charge in [0, 0.05) is 11.6 Å². The van der Waals surface area contributed by atoms with Gasteiger partial charge in [-0.3, -0.25) is 0 Å². The molecule has 1 aliphatic heterocycles. The minimum Gasteiger partial charge on any atom is -0.493 e. The number of allylic oxidation sites excluding steroid dienone is 1. The molecule has 8 heteroatoms. The minimum atomic E-state index is -0.550. The molecular weight excluding hydrogens is 532 g/mol. The lowest BCUT2D eigenvalue weighted by atomic mass is 9.83. The summed E-state index contributed by atoms with van der Waals surface area (Å²) < 4.78 is 29.2. The maximum atomic E-state index is 13.1. The number of hydrogen-bond donors (Lipinski definition) is 1. The molecule has 220 valence electrons. The van der Waals surface area contributed by atoms with E-state index in [2.05, 4.69) is 19.9 Å². The average Bonchev–Trinajstić information content (AvgIpc) is 2.99. The molecular formula is C34H38N2O6.